The first-order chi connectivity index (χ1) is 43.2. The van der Waals surface area contributed by atoms with E-state index in [9.17, 15) is 72.9 Å². The predicted molar refractivity (Wildman–Crippen MR) is 320 cm³/mol. The quantitative estimate of drug-likeness (QED) is 0.0183. The molecule has 11 amide bonds. The summed E-state index contributed by atoms with van der Waals surface area (Å²) in [6.45, 7) is -1.20. The third-order valence-corrected chi connectivity index (χ3v) is 15.2. The van der Waals surface area contributed by atoms with Gasteiger partial charge in [-0.2, -0.15) is 0 Å². The topological polar surface area (TPSA) is 474 Å². The maximum absolute atomic E-state index is 14.8. The van der Waals surface area contributed by atoms with E-state index in [2.05, 4.69) is 62.8 Å². The molecule has 30 nitrogen and oxygen atoms in total. The maximum atomic E-state index is 14.8. The highest BCUT2D eigenvalue weighted by atomic mass is 16.4. The molecule has 7 rings (SSSR count). The molecule has 2 aliphatic rings. The lowest BCUT2D eigenvalue weighted by molar-refractivity contribution is -0.142. The van der Waals surface area contributed by atoms with Crippen LogP contribution in [0.25, 0.3) is 10.9 Å². The summed E-state index contributed by atoms with van der Waals surface area (Å²) in [7, 11) is 0. The van der Waals surface area contributed by atoms with Crippen LogP contribution in [0, 0.1) is 0 Å². The van der Waals surface area contributed by atoms with Crippen molar-refractivity contribution in [2.75, 3.05) is 26.2 Å². The van der Waals surface area contributed by atoms with E-state index < -0.39 is 139 Å². The van der Waals surface area contributed by atoms with Crippen molar-refractivity contribution in [3.8, 4) is 5.75 Å². The van der Waals surface area contributed by atoms with E-state index in [-0.39, 0.29) is 76.1 Å². The summed E-state index contributed by atoms with van der Waals surface area (Å²) in [6.07, 6.45) is 4.15. The van der Waals surface area contributed by atoms with Crippen LogP contribution in [0.4, 0.5) is 0 Å². The van der Waals surface area contributed by atoms with Gasteiger partial charge in [0.1, 0.15) is 60.1 Å². The molecule has 0 radical (unpaired) electrons. The van der Waals surface area contributed by atoms with Gasteiger partial charge in [-0.05, 0) is 80.0 Å². The first kappa shape index (κ1) is 67.3. The Morgan fingerprint density at radius 2 is 1.22 bits per heavy atom. The number of aromatic hydroxyl groups is 1. The molecule has 90 heavy (non-hydrogen) atoms. The first-order valence-electron chi connectivity index (χ1n) is 29.3. The molecule has 0 saturated carbocycles. The molecule has 3 aromatic carbocycles. The number of hydrogen-bond acceptors (Lipinski definition) is 16. The lowest BCUT2D eigenvalue weighted by atomic mass is 10.0. The second-order valence-electron chi connectivity index (χ2n) is 21.9. The zero-order valence-electron chi connectivity index (χ0n) is 49.0. The average Bonchev–Trinajstić information content (AvgIpc) is 3.51. The van der Waals surface area contributed by atoms with E-state index in [0.717, 1.165) is 0 Å². The third-order valence-electron chi connectivity index (χ3n) is 15.2. The van der Waals surface area contributed by atoms with E-state index in [4.69, 9.17) is 11.5 Å². The number of aliphatic carboxylic acids is 1. The number of likely N-dealkylation sites (tertiary alicyclic amines) is 1. The summed E-state index contributed by atoms with van der Waals surface area (Å²) in [5, 5.41) is 54.3. The fourth-order valence-electron chi connectivity index (χ4n) is 10.5. The van der Waals surface area contributed by atoms with Gasteiger partial charge in [0.15, 0.2) is 0 Å². The number of primary amides is 1. The summed E-state index contributed by atoms with van der Waals surface area (Å²) >= 11 is 0. The van der Waals surface area contributed by atoms with Crippen LogP contribution in [0.1, 0.15) is 73.8 Å². The molecule has 0 bridgehead atoms. The fraction of sp³-hybridized carbons (Fsp3) is 0.417. The summed E-state index contributed by atoms with van der Waals surface area (Å²) in [5.41, 5.74) is 13.5. The molecule has 30 heteroatoms. The number of rotatable bonds is 33. The fourth-order valence-corrected chi connectivity index (χ4v) is 10.5. The number of aromatic amines is 2. The molecule has 18 N–H and O–H groups in total. The number of aliphatic hydroxyl groups excluding tert-OH is 1. The van der Waals surface area contributed by atoms with Crippen molar-refractivity contribution in [3.05, 3.63) is 120 Å². The normalized spacial score (nSPS) is 16.8. The number of phenols is 1. The number of unbranched alkanes of at least 4 members (excludes halogenated alkanes) is 1. The van der Waals surface area contributed by atoms with Crippen LogP contribution in [0.2, 0.25) is 0 Å². The molecule has 0 aliphatic carbocycles. The van der Waals surface area contributed by atoms with Crippen molar-refractivity contribution in [3.63, 3.8) is 0 Å². The second kappa shape index (κ2) is 32.7. The zero-order chi connectivity index (χ0) is 64.9. The van der Waals surface area contributed by atoms with Crippen LogP contribution in [-0.2, 0) is 83.2 Å². The Bertz CT molecular complexity index is 3360. The van der Waals surface area contributed by atoms with Crippen LogP contribution in [0.3, 0.4) is 0 Å². The molecular formula is C60H75N15O15. The van der Waals surface area contributed by atoms with Gasteiger partial charge in [0, 0.05) is 67.6 Å². The van der Waals surface area contributed by atoms with Crippen molar-refractivity contribution < 1.29 is 72.9 Å². The number of hydrogen-bond donors (Lipinski definition) is 16. The lowest BCUT2D eigenvalue weighted by Gasteiger charge is -2.30. The van der Waals surface area contributed by atoms with E-state index in [1.54, 1.807) is 60.8 Å². The smallest absolute Gasteiger partial charge is 0.305 e. The number of fused-ring (bicyclic) bond motifs is 1. The number of nitrogens with two attached hydrogens (primary N) is 2. The van der Waals surface area contributed by atoms with Gasteiger partial charge in [0.05, 0.1) is 25.9 Å². The van der Waals surface area contributed by atoms with Gasteiger partial charge in [-0.25, -0.2) is 4.98 Å². The van der Waals surface area contributed by atoms with E-state index >= 15 is 0 Å². The van der Waals surface area contributed by atoms with Crippen molar-refractivity contribution in [1.82, 2.24) is 67.7 Å². The molecule has 480 valence electrons. The number of amides is 11. The minimum Gasteiger partial charge on any atom is -0.508 e. The number of aromatic nitrogens is 3. The molecule has 5 aromatic rings. The summed E-state index contributed by atoms with van der Waals surface area (Å²) in [5.74, 6) is -11.2. The lowest BCUT2D eigenvalue weighted by Crippen LogP contribution is -2.61. The van der Waals surface area contributed by atoms with Crippen LogP contribution in [0.15, 0.2) is 97.6 Å². The van der Waals surface area contributed by atoms with Gasteiger partial charge < -0.3 is 89.5 Å². The van der Waals surface area contributed by atoms with Gasteiger partial charge in [0.25, 0.3) is 0 Å². The van der Waals surface area contributed by atoms with Gasteiger partial charge >= 0.3 is 5.97 Å². The van der Waals surface area contributed by atoms with Gasteiger partial charge in [0.2, 0.25) is 65.0 Å². The van der Waals surface area contributed by atoms with E-state index in [1.165, 1.54) is 41.7 Å². The Labute approximate surface area is 515 Å². The highest BCUT2D eigenvalue weighted by molar-refractivity contribution is 6.00. The number of benzene rings is 3. The minimum absolute atomic E-state index is 0.0673. The Morgan fingerprint density at radius 1 is 0.644 bits per heavy atom. The number of phenolic OH excluding ortho intramolecular Hbond substituents is 1. The Balaban J connectivity index is 1.11. The predicted octanol–water partition coefficient (Wildman–Crippen LogP) is -3.27. The summed E-state index contributed by atoms with van der Waals surface area (Å²) < 4.78 is 0. The van der Waals surface area contributed by atoms with Crippen LogP contribution >= 0.6 is 0 Å². The number of carboxylic acids is 1. The molecule has 2 saturated heterocycles. The van der Waals surface area contributed by atoms with Crippen molar-refractivity contribution in [1.29, 1.82) is 0 Å². The molecule has 2 aromatic heterocycles. The van der Waals surface area contributed by atoms with E-state index in [1.807, 2.05) is 0 Å². The Morgan fingerprint density at radius 3 is 1.82 bits per heavy atom. The monoisotopic (exact) mass is 1250 g/mol. The molecule has 2 fully saturated rings. The molecule has 2 aliphatic heterocycles. The molecule has 0 spiro atoms. The summed E-state index contributed by atoms with van der Waals surface area (Å²) in [6, 6.07) is 7.76. The van der Waals surface area contributed by atoms with Gasteiger partial charge in [-0.3, -0.25) is 57.5 Å². The van der Waals surface area contributed by atoms with Crippen LogP contribution in [-0.4, -0.2) is 187 Å². The van der Waals surface area contributed by atoms with Crippen molar-refractivity contribution >= 4 is 81.9 Å². The SMILES string of the molecule is NCCCC[C@H](NC(=O)[C@H](Cc1ccccc1)NC(=O)[C@H](Cc1ccc(O)cc1)NC(=O)[C@H](CC(=O)O)NC(=O)[C@H](CO)NC(=O)[C@H](Cc1c[nH]c2ccccc12)NC(=O)[C@H](Cc1cnc[nH]1)NC(=O)[C@@H]1CCC(=O)N1)C(=O)N1CCC[C@H]1C(=O)NCC(N)=O. The Hall–Kier alpha value is -10.2. The minimum atomic E-state index is -2.02. The number of carbonyl (C=O) groups is 12. The highest BCUT2D eigenvalue weighted by Gasteiger charge is 2.40. The molecule has 0 unspecified atom stereocenters. The number of nitrogens with one attached hydrogen (secondary N) is 11. The molecular weight excluding hydrogens is 1170 g/mol. The van der Waals surface area contributed by atoms with Crippen LogP contribution in [0.5, 0.6) is 5.75 Å². The maximum Gasteiger partial charge on any atom is 0.305 e. The average molecular weight is 1250 g/mol. The molecule has 4 heterocycles. The standard InChI is InChI=1S/C60H75N15O15/c61-21-7-6-13-41(60(90)75-22-8-14-48(75)59(89)65-30-49(62)78)68-53(83)42(23-33-9-2-1-3-10-33)69-54(84)43(24-34-15-17-37(77)18-16-34)70-57(87)46(27-51(80)81)73-58(88)47(31-76)74-55(85)44(25-35-28-64-39-12-5-4-11-38(35)39)71-56(86)45(26-36-29-63-32-66-36)72-52(82)40-19-20-50(79)67-40/h1-5,9-12,15-18,28-29,32,40-48,64,76-77H,6-8,13-14,19-27,30-31,61H2,(H2,62,78)(H,63,66)(H,65,89)(H,67,79)(H,68,83)(H,69,84)(H,70,87)(H,71,86)(H,72,82)(H,73,88)(H,74,85)(H,80,81)/t40-,41-,42-,43-,44-,45-,46-,47-,48-/m0/s1. The number of aliphatic hydroxyl groups is 1. The second-order valence-corrected chi connectivity index (χ2v) is 21.9. The van der Waals surface area contributed by atoms with Crippen molar-refractivity contribution in [2.45, 2.75) is 131 Å². The number of H-pyrrole nitrogens is 2. The summed E-state index contributed by atoms with van der Waals surface area (Å²) in [4.78, 5) is 175. The third kappa shape index (κ3) is 19.4. The Kier molecular flexibility index (Phi) is 24.4. The van der Waals surface area contributed by atoms with Gasteiger partial charge in [-0.15, -0.1) is 0 Å². The number of imidazole rings is 1. The van der Waals surface area contributed by atoms with Gasteiger partial charge in [-0.1, -0.05) is 60.7 Å². The number of carbonyl (C=O) groups excluding carboxylic acids is 11. The zero-order valence-corrected chi connectivity index (χ0v) is 49.0. The first-order valence-corrected chi connectivity index (χ1v) is 29.3. The largest absolute Gasteiger partial charge is 0.508 e. The van der Waals surface area contributed by atoms with Crippen LogP contribution < -0.4 is 59.3 Å². The number of para-hydroxylation sites is 1. The number of nitrogens with zero attached hydrogens (tertiary/aromatic N) is 2. The van der Waals surface area contributed by atoms with Crippen molar-refractivity contribution in [2.24, 2.45) is 11.5 Å². The molecule has 9 atom stereocenters. The highest BCUT2D eigenvalue weighted by Crippen LogP contribution is 2.22. The number of carboxylic acid groups (broad SMARTS) is 1. The van der Waals surface area contributed by atoms with E-state index in [0.29, 0.717) is 52.5 Å².